The normalized spacial score (nSPS) is 12.1. The molecule has 0 N–H and O–H groups in total. The van der Waals surface area contributed by atoms with Gasteiger partial charge in [0, 0.05) is 58.5 Å². The summed E-state index contributed by atoms with van der Waals surface area (Å²) in [6.45, 7) is 0. The first-order chi connectivity index (χ1) is 29.2. The zero-order valence-electron chi connectivity index (χ0n) is 31.5. The van der Waals surface area contributed by atoms with Crippen LogP contribution in [0.15, 0.2) is 201 Å². The molecule has 0 aliphatic heterocycles. The predicted molar refractivity (Wildman–Crippen MR) is 247 cm³/mol. The van der Waals surface area contributed by atoms with E-state index in [1.54, 1.807) is 0 Å². The van der Waals surface area contributed by atoms with Crippen LogP contribution in [0.2, 0.25) is 0 Å². The maximum absolute atomic E-state index is 6.69. The highest BCUT2D eigenvalue weighted by Crippen LogP contribution is 2.47. The van der Waals surface area contributed by atoms with Gasteiger partial charge in [-0.15, -0.1) is 11.3 Å². The fraction of sp³-hybridized carbons (Fsp3) is 0. The topological polar surface area (TPSA) is 42.7 Å². The molecule has 0 amide bonds. The van der Waals surface area contributed by atoms with Crippen LogP contribution in [-0.2, 0) is 0 Å². The Bertz CT molecular complexity index is 3810. The summed E-state index contributed by atoms with van der Waals surface area (Å²) in [6.07, 6.45) is 0. The van der Waals surface area contributed by atoms with Crippen LogP contribution in [0.25, 0.3) is 108 Å². The van der Waals surface area contributed by atoms with Gasteiger partial charge in [-0.3, -0.25) is 0 Å². The molecule has 4 nitrogen and oxygen atoms in total. The third-order valence-corrected chi connectivity index (χ3v) is 13.1. The minimum Gasteiger partial charge on any atom is -0.456 e. The van der Waals surface area contributed by atoms with Crippen LogP contribution in [0.5, 0.6) is 0 Å². The lowest BCUT2D eigenvalue weighted by molar-refractivity contribution is 0.663. The van der Waals surface area contributed by atoms with Crippen molar-refractivity contribution in [2.24, 2.45) is 0 Å². The predicted octanol–water partition coefficient (Wildman–Crippen LogP) is 16.6. The number of benzene rings is 9. The average Bonchev–Trinajstić information content (AvgIpc) is 4.07. The van der Waals surface area contributed by atoms with E-state index in [0.29, 0.717) is 0 Å². The van der Waals surface area contributed by atoms with Crippen LogP contribution < -0.4 is 4.90 Å². The molecule has 0 bridgehead atoms. The Kier molecular flexibility index (Phi) is 6.85. The largest absolute Gasteiger partial charge is 0.456 e. The lowest BCUT2D eigenvalue weighted by Crippen LogP contribution is -2.10. The smallest absolute Gasteiger partial charge is 0.159 e. The summed E-state index contributed by atoms with van der Waals surface area (Å²) in [4.78, 5) is 2.32. The van der Waals surface area contributed by atoms with E-state index in [1.165, 1.54) is 31.3 Å². The summed E-state index contributed by atoms with van der Waals surface area (Å²) < 4.78 is 22.4. The van der Waals surface area contributed by atoms with Crippen LogP contribution in [0.3, 0.4) is 0 Å². The molecular formula is C54H31NO3S. The molecule has 13 aromatic rings. The molecule has 0 aliphatic rings. The molecule has 9 aromatic carbocycles. The second kappa shape index (κ2) is 12.4. The Labute approximate surface area is 341 Å². The number of hydrogen-bond donors (Lipinski definition) is 0. The van der Waals surface area contributed by atoms with Gasteiger partial charge in [-0.2, -0.15) is 0 Å². The molecule has 0 spiro atoms. The van der Waals surface area contributed by atoms with Crippen molar-refractivity contribution in [3.63, 3.8) is 0 Å². The number of fused-ring (bicyclic) bond motifs is 13. The average molecular weight is 774 g/mol. The van der Waals surface area contributed by atoms with Crippen molar-refractivity contribution >= 4 is 114 Å². The summed E-state index contributed by atoms with van der Waals surface area (Å²) >= 11 is 1.86. The van der Waals surface area contributed by atoms with E-state index in [4.69, 9.17) is 13.3 Å². The van der Waals surface area contributed by atoms with E-state index in [9.17, 15) is 0 Å². The molecule has 13 rings (SSSR count). The van der Waals surface area contributed by atoms with Crippen LogP contribution in [0.1, 0.15) is 0 Å². The van der Waals surface area contributed by atoms with Gasteiger partial charge < -0.3 is 18.2 Å². The zero-order chi connectivity index (χ0) is 38.6. The van der Waals surface area contributed by atoms with Gasteiger partial charge in [-0.25, -0.2) is 0 Å². The highest BCUT2D eigenvalue weighted by Gasteiger charge is 2.23. The first-order valence-corrected chi connectivity index (χ1v) is 20.6. The first kappa shape index (κ1) is 32.5. The van der Waals surface area contributed by atoms with Gasteiger partial charge in [-0.05, 0) is 89.0 Å². The Morgan fingerprint density at radius 3 is 1.83 bits per heavy atom. The Morgan fingerprint density at radius 2 is 0.983 bits per heavy atom. The van der Waals surface area contributed by atoms with Crippen molar-refractivity contribution in [3.05, 3.63) is 188 Å². The summed E-state index contributed by atoms with van der Waals surface area (Å²) in [7, 11) is 0. The molecule has 0 saturated heterocycles. The molecule has 276 valence electrons. The van der Waals surface area contributed by atoms with Crippen molar-refractivity contribution in [3.8, 4) is 22.3 Å². The van der Waals surface area contributed by atoms with Crippen molar-refractivity contribution in [1.29, 1.82) is 0 Å². The van der Waals surface area contributed by atoms with Crippen LogP contribution in [-0.4, -0.2) is 0 Å². The molecule has 0 aliphatic carbocycles. The number of para-hydroxylation sites is 3. The van der Waals surface area contributed by atoms with Gasteiger partial charge in [0.1, 0.15) is 27.9 Å². The highest BCUT2D eigenvalue weighted by molar-refractivity contribution is 7.26. The van der Waals surface area contributed by atoms with E-state index in [1.807, 2.05) is 41.7 Å². The van der Waals surface area contributed by atoms with E-state index < -0.39 is 0 Å². The van der Waals surface area contributed by atoms with Gasteiger partial charge in [0.05, 0.1) is 11.1 Å². The monoisotopic (exact) mass is 773 g/mol. The summed E-state index contributed by atoms with van der Waals surface area (Å²) in [5.41, 5.74) is 12.6. The number of nitrogens with zero attached hydrogens (tertiary/aromatic N) is 1. The molecule has 0 fully saturated rings. The van der Waals surface area contributed by atoms with E-state index in [-0.39, 0.29) is 0 Å². The molecule has 0 unspecified atom stereocenters. The minimum atomic E-state index is 0.805. The Hall–Kier alpha value is -7.60. The maximum atomic E-state index is 6.69. The fourth-order valence-corrected chi connectivity index (χ4v) is 10.5. The quantitative estimate of drug-likeness (QED) is 0.175. The number of furan rings is 3. The third-order valence-electron chi connectivity index (χ3n) is 11.9. The molecule has 59 heavy (non-hydrogen) atoms. The highest BCUT2D eigenvalue weighted by atomic mass is 32.1. The molecule has 0 saturated carbocycles. The SMILES string of the molecule is c1cc(-c2cccc3oc4ccc5c6ccccc6oc5c4c23)cc(N(c2ccc(-c3cccc4c3sc3ccccc34)cc2)c2cccc3c2oc2ccccc23)c1. The second-order valence-corrected chi connectivity index (χ2v) is 16.2. The summed E-state index contributed by atoms with van der Waals surface area (Å²) in [5, 5.41) is 8.98. The summed E-state index contributed by atoms with van der Waals surface area (Å²) in [6, 6.07) is 66.5. The molecule has 4 aromatic heterocycles. The lowest BCUT2D eigenvalue weighted by atomic mass is 9.97. The lowest BCUT2D eigenvalue weighted by Gasteiger charge is -2.26. The van der Waals surface area contributed by atoms with E-state index in [2.05, 4.69) is 163 Å². The van der Waals surface area contributed by atoms with Crippen molar-refractivity contribution in [2.45, 2.75) is 0 Å². The van der Waals surface area contributed by atoms with Gasteiger partial charge in [0.2, 0.25) is 0 Å². The Balaban J connectivity index is 1.01. The standard InChI is InChI=1S/C54H31NO3S/c1-4-21-45-38(13-1)41-18-9-20-44(52(41)57-45)55(34-27-25-32(26-28-34)37-17-8-19-43-40-15-3-6-24-49(40)59-54(37)43)35-12-7-11-33(31-35)36-16-10-23-47-50(36)51-48(56-47)30-29-42-39-14-2-5-22-46(39)58-53(42)51/h1-31H. The summed E-state index contributed by atoms with van der Waals surface area (Å²) in [5.74, 6) is 0. The fourth-order valence-electron chi connectivity index (χ4n) is 9.24. The maximum Gasteiger partial charge on any atom is 0.159 e. The van der Waals surface area contributed by atoms with E-state index in [0.717, 1.165) is 94.0 Å². The molecule has 4 heterocycles. The van der Waals surface area contributed by atoms with Crippen LogP contribution >= 0.6 is 11.3 Å². The zero-order valence-corrected chi connectivity index (χ0v) is 32.3. The molecule has 0 atom stereocenters. The van der Waals surface area contributed by atoms with Gasteiger partial charge in [0.25, 0.3) is 0 Å². The molecule has 5 heteroatoms. The van der Waals surface area contributed by atoms with Gasteiger partial charge in [-0.1, -0.05) is 121 Å². The van der Waals surface area contributed by atoms with Gasteiger partial charge >= 0.3 is 0 Å². The minimum absolute atomic E-state index is 0.805. The Morgan fingerprint density at radius 1 is 0.356 bits per heavy atom. The number of hydrogen-bond acceptors (Lipinski definition) is 5. The molecular weight excluding hydrogens is 743 g/mol. The van der Waals surface area contributed by atoms with Crippen molar-refractivity contribution in [2.75, 3.05) is 4.90 Å². The molecule has 0 radical (unpaired) electrons. The number of anilines is 3. The number of rotatable bonds is 5. The van der Waals surface area contributed by atoms with Crippen LogP contribution in [0, 0.1) is 0 Å². The van der Waals surface area contributed by atoms with E-state index >= 15 is 0 Å². The van der Waals surface area contributed by atoms with Crippen molar-refractivity contribution < 1.29 is 13.3 Å². The second-order valence-electron chi connectivity index (χ2n) is 15.2. The van der Waals surface area contributed by atoms with Crippen molar-refractivity contribution in [1.82, 2.24) is 0 Å². The van der Waals surface area contributed by atoms with Crippen LogP contribution in [0.4, 0.5) is 17.1 Å². The first-order valence-electron chi connectivity index (χ1n) is 19.8. The van der Waals surface area contributed by atoms with Gasteiger partial charge in [0.15, 0.2) is 5.58 Å². The third kappa shape index (κ3) is 4.83. The number of thiophene rings is 1.